The second-order valence-electron chi connectivity index (χ2n) is 3.82. The SMILES string of the molecule is CN1CN(C)C[N+](C)([Cr]([Cl])([Cl])[Cl])C1. The van der Waals surface area contributed by atoms with Crippen LogP contribution in [0.2, 0.25) is 0 Å². The maximum atomic E-state index is 6.09. The molecule has 1 heterocycles. The summed E-state index contributed by atoms with van der Waals surface area (Å²) in [7, 11) is 21.5. The fraction of sp³-hybridized carbons (Fsp3) is 1.00. The van der Waals surface area contributed by atoms with Gasteiger partial charge in [-0.2, -0.15) is 0 Å². The van der Waals surface area contributed by atoms with Crippen LogP contribution in [0.4, 0.5) is 0 Å². The molecule has 1 saturated heterocycles. The van der Waals surface area contributed by atoms with E-state index in [-0.39, 0.29) is 0 Å². The van der Waals surface area contributed by atoms with Gasteiger partial charge in [0.05, 0.1) is 0 Å². The van der Waals surface area contributed by atoms with Crippen LogP contribution in [-0.4, -0.2) is 54.4 Å². The van der Waals surface area contributed by atoms with Gasteiger partial charge in [-0.25, -0.2) is 0 Å². The van der Waals surface area contributed by atoms with E-state index in [1.807, 2.05) is 21.1 Å². The molecule has 0 spiro atoms. The molecule has 13 heavy (non-hydrogen) atoms. The van der Waals surface area contributed by atoms with Crippen LogP contribution in [0.5, 0.6) is 0 Å². The summed E-state index contributed by atoms with van der Waals surface area (Å²) in [5.74, 6) is 0. The Balaban J connectivity index is 2.78. The van der Waals surface area contributed by atoms with Crippen LogP contribution < -0.4 is 0 Å². The first-order chi connectivity index (χ1) is 5.74. The third-order valence-corrected chi connectivity index (χ3v) is 8.11. The molecular weight excluding hydrogens is 272 g/mol. The molecule has 0 aromatic rings. The van der Waals surface area contributed by atoms with Crippen molar-refractivity contribution in [2.45, 2.75) is 0 Å². The topological polar surface area (TPSA) is 6.48 Å². The van der Waals surface area contributed by atoms with E-state index in [2.05, 4.69) is 9.80 Å². The average molecular weight is 288 g/mol. The molecule has 1 aliphatic rings. The van der Waals surface area contributed by atoms with Crippen LogP contribution in [0.3, 0.4) is 0 Å². The van der Waals surface area contributed by atoms with Crippen molar-refractivity contribution in [3.63, 3.8) is 0 Å². The van der Waals surface area contributed by atoms with Crippen LogP contribution in [0, 0.1) is 0 Å². The van der Waals surface area contributed by atoms with Gasteiger partial charge in [-0.3, -0.25) is 0 Å². The molecule has 0 radical (unpaired) electrons. The van der Waals surface area contributed by atoms with Gasteiger partial charge < -0.3 is 0 Å². The van der Waals surface area contributed by atoms with Gasteiger partial charge in [0.2, 0.25) is 0 Å². The Bertz CT molecular complexity index is 186. The first kappa shape index (κ1) is 12.4. The zero-order chi connectivity index (χ0) is 10.3. The third kappa shape index (κ3) is 2.87. The Kier molecular flexibility index (Phi) is 3.83. The van der Waals surface area contributed by atoms with Gasteiger partial charge in [0.25, 0.3) is 0 Å². The van der Waals surface area contributed by atoms with Crippen molar-refractivity contribution in [3.05, 3.63) is 0 Å². The molecular formula is C6H15Cl3CrN3+. The Morgan fingerprint density at radius 1 is 1.08 bits per heavy atom. The van der Waals surface area contributed by atoms with Crippen LogP contribution >= 0.6 is 30.1 Å². The van der Waals surface area contributed by atoms with Gasteiger partial charge in [0, 0.05) is 0 Å². The maximum absolute atomic E-state index is 6.09. The fourth-order valence-corrected chi connectivity index (χ4v) is 3.80. The molecule has 0 atom stereocenters. The molecule has 3 nitrogen and oxygen atoms in total. The van der Waals surface area contributed by atoms with Gasteiger partial charge in [0.15, 0.2) is 0 Å². The summed E-state index contributed by atoms with van der Waals surface area (Å²) < 4.78 is 0.550. The summed E-state index contributed by atoms with van der Waals surface area (Å²) in [5, 5.41) is 0. The Morgan fingerprint density at radius 2 is 1.46 bits per heavy atom. The first-order valence-corrected chi connectivity index (χ1v) is 9.72. The molecule has 0 unspecified atom stereocenters. The number of hydrogen-bond acceptors (Lipinski definition) is 2. The second kappa shape index (κ2) is 4.04. The molecule has 0 aromatic heterocycles. The third-order valence-electron chi connectivity index (χ3n) is 2.06. The van der Waals surface area contributed by atoms with Crippen molar-refractivity contribution in [3.8, 4) is 0 Å². The van der Waals surface area contributed by atoms with Gasteiger partial charge in [-0.05, 0) is 0 Å². The van der Waals surface area contributed by atoms with Crippen LogP contribution in [-0.2, 0) is 10.5 Å². The first-order valence-electron chi connectivity index (χ1n) is 3.88. The summed E-state index contributed by atoms with van der Waals surface area (Å²) >= 11 is 0. The summed E-state index contributed by atoms with van der Waals surface area (Å²) in [6.07, 6.45) is 0. The van der Waals surface area contributed by atoms with E-state index in [4.69, 9.17) is 30.1 Å². The second-order valence-corrected chi connectivity index (χ2v) is 13.9. The van der Waals surface area contributed by atoms with E-state index >= 15 is 0 Å². The summed E-state index contributed by atoms with van der Waals surface area (Å²) in [4.78, 5) is 4.34. The zero-order valence-electron chi connectivity index (χ0n) is 8.01. The predicted molar refractivity (Wildman–Crippen MR) is 53.9 cm³/mol. The minimum atomic E-state index is -2.87. The van der Waals surface area contributed by atoms with E-state index in [0.717, 1.165) is 20.0 Å². The van der Waals surface area contributed by atoms with Crippen molar-refractivity contribution < 1.29 is 14.0 Å². The van der Waals surface area contributed by atoms with E-state index < -0.39 is 10.5 Å². The Hall–Kier alpha value is 1.28. The molecule has 0 saturated carbocycles. The predicted octanol–water partition coefficient (Wildman–Crippen LogP) is 1.71. The zero-order valence-corrected chi connectivity index (χ0v) is 11.5. The number of hydrogen-bond donors (Lipinski definition) is 0. The van der Waals surface area contributed by atoms with Crippen LogP contribution in [0.15, 0.2) is 0 Å². The van der Waals surface area contributed by atoms with Crippen molar-refractivity contribution >= 4 is 30.1 Å². The number of quaternary nitrogens is 1. The number of nitrogens with zero attached hydrogens (tertiary/aromatic N) is 3. The van der Waals surface area contributed by atoms with Gasteiger partial charge in [-0.15, -0.1) is 0 Å². The molecule has 0 aromatic carbocycles. The summed E-state index contributed by atoms with van der Waals surface area (Å²) in [5.41, 5.74) is 0. The van der Waals surface area contributed by atoms with Crippen LogP contribution in [0.1, 0.15) is 0 Å². The number of rotatable bonds is 1. The van der Waals surface area contributed by atoms with Crippen molar-refractivity contribution in [1.29, 1.82) is 0 Å². The molecule has 0 bridgehead atoms. The minimum absolute atomic E-state index is 0.550. The van der Waals surface area contributed by atoms with Gasteiger partial charge >= 0.3 is 95.1 Å². The molecule has 1 aliphatic heterocycles. The average Bonchev–Trinajstić information content (AvgIpc) is 1.79. The molecule has 0 N–H and O–H groups in total. The molecule has 80 valence electrons. The molecule has 7 heteroatoms. The fourth-order valence-electron chi connectivity index (χ4n) is 1.70. The number of halogens is 3. The summed E-state index contributed by atoms with van der Waals surface area (Å²) in [6, 6.07) is 0. The molecule has 1 rings (SSSR count). The molecule has 0 aliphatic carbocycles. The van der Waals surface area contributed by atoms with Crippen LogP contribution in [0.25, 0.3) is 0 Å². The standard InChI is InChI=1S/C6H15N3.3ClH.Cr/c1-7-4-8(2)6-9(3)5-7;;;;/h4-6H2,1-3H3;3*1H;/q;;;;+4/p-3. The van der Waals surface area contributed by atoms with E-state index in [1.54, 1.807) is 0 Å². The quantitative estimate of drug-likeness (QED) is 0.724. The molecule has 0 amide bonds. The Labute approximate surface area is 94.8 Å². The molecule has 1 fully saturated rings. The summed E-state index contributed by atoms with van der Waals surface area (Å²) in [6.45, 7) is 2.58. The van der Waals surface area contributed by atoms with E-state index in [9.17, 15) is 0 Å². The monoisotopic (exact) mass is 286 g/mol. The van der Waals surface area contributed by atoms with E-state index in [1.165, 1.54) is 0 Å². The van der Waals surface area contributed by atoms with Gasteiger partial charge in [-0.1, -0.05) is 0 Å². The van der Waals surface area contributed by atoms with Crippen molar-refractivity contribution in [2.24, 2.45) is 0 Å². The van der Waals surface area contributed by atoms with Gasteiger partial charge in [0.1, 0.15) is 0 Å². The van der Waals surface area contributed by atoms with Crippen molar-refractivity contribution in [1.82, 2.24) is 9.80 Å². The Morgan fingerprint density at radius 3 is 1.77 bits per heavy atom. The van der Waals surface area contributed by atoms with Crippen molar-refractivity contribution in [2.75, 3.05) is 41.1 Å². The van der Waals surface area contributed by atoms with E-state index in [0.29, 0.717) is 3.47 Å². The normalized spacial score (nSPS) is 27.5.